The van der Waals surface area contributed by atoms with Crippen LogP contribution in [0.1, 0.15) is 37.2 Å². The molecule has 0 spiro atoms. The van der Waals surface area contributed by atoms with Crippen molar-refractivity contribution < 1.29 is 32.2 Å². The standard InChI is InChI=1S/C16H23N3O2.C2HF3O2/c1-13(2)21-11-15-16-9-18(8-14-4-7-20-10-14)5-3-6-19(16)12-17-15;3-2(4,5)1(6)7/h4,7,10,12-13H,3,5-6,8-9,11H2,1-2H3;(H,6,7). The third-order valence-electron chi connectivity index (χ3n) is 4.06. The Morgan fingerprint density at radius 2 is 2.11 bits per heavy atom. The lowest BCUT2D eigenvalue weighted by Crippen LogP contribution is -2.23. The highest BCUT2D eigenvalue weighted by Crippen LogP contribution is 2.19. The maximum atomic E-state index is 10.6. The number of ether oxygens (including phenoxy) is 1. The predicted octanol–water partition coefficient (Wildman–Crippen LogP) is 3.44. The van der Waals surface area contributed by atoms with Crippen LogP contribution >= 0.6 is 0 Å². The summed E-state index contributed by atoms with van der Waals surface area (Å²) in [6.45, 7) is 8.68. The zero-order valence-corrected chi connectivity index (χ0v) is 15.8. The number of rotatable bonds is 5. The Labute approximate surface area is 160 Å². The zero-order chi connectivity index (χ0) is 20.7. The molecule has 10 heteroatoms. The number of hydrogen-bond acceptors (Lipinski definition) is 5. The van der Waals surface area contributed by atoms with Crippen LogP contribution in [-0.2, 0) is 35.8 Å². The van der Waals surface area contributed by atoms with Crippen molar-refractivity contribution >= 4 is 5.97 Å². The Bertz CT molecular complexity index is 742. The predicted molar refractivity (Wildman–Crippen MR) is 93.3 cm³/mol. The van der Waals surface area contributed by atoms with Gasteiger partial charge in [-0.05, 0) is 26.3 Å². The molecule has 0 radical (unpaired) electrons. The van der Waals surface area contributed by atoms with Gasteiger partial charge >= 0.3 is 12.1 Å². The molecule has 1 N–H and O–H groups in total. The SMILES string of the molecule is CC(C)OCc1ncn2c1CN(Cc1ccoc1)CCC2.O=C(O)C(F)(F)F. The number of aromatic nitrogens is 2. The van der Waals surface area contributed by atoms with Gasteiger partial charge in [0.05, 0.1) is 43.0 Å². The topological polar surface area (TPSA) is 80.7 Å². The molecule has 2 aromatic rings. The highest BCUT2D eigenvalue weighted by atomic mass is 19.4. The Kier molecular flexibility index (Phi) is 7.64. The van der Waals surface area contributed by atoms with Crippen molar-refractivity contribution in [1.29, 1.82) is 0 Å². The minimum atomic E-state index is -5.08. The number of furan rings is 1. The van der Waals surface area contributed by atoms with Crippen LogP contribution in [0.4, 0.5) is 13.2 Å². The number of fused-ring (bicyclic) bond motifs is 1. The van der Waals surface area contributed by atoms with E-state index in [0.717, 1.165) is 38.3 Å². The van der Waals surface area contributed by atoms with Crippen LogP contribution in [0.15, 0.2) is 29.3 Å². The van der Waals surface area contributed by atoms with Crippen molar-refractivity contribution in [2.45, 2.75) is 58.8 Å². The van der Waals surface area contributed by atoms with Gasteiger partial charge in [0.1, 0.15) is 0 Å². The number of nitrogens with zero attached hydrogens (tertiary/aromatic N) is 3. The summed E-state index contributed by atoms with van der Waals surface area (Å²) in [6, 6.07) is 2.03. The maximum Gasteiger partial charge on any atom is 0.490 e. The average Bonchev–Trinajstić information content (AvgIpc) is 3.19. The highest BCUT2D eigenvalue weighted by Gasteiger charge is 2.38. The number of carbonyl (C=O) groups is 1. The number of carboxylic acid groups (broad SMARTS) is 1. The normalized spacial score (nSPS) is 14.9. The summed E-state index contributed by atoms with van der Waals surface area (Å²) in [7, 11) is 0. The molecular formula is C18H24F3N3O4. The summed E-state index contributed by atoms with van der Waals surface area (Å²) in [5, 5.41) is 7.12. The number of carboxylic acids is 1. The number of aryl methyl sites for hydroxylation is 1. The third-order valence-corrected chi connectivity index (χ3v) is 4.06. The Balaban J connectivity index is 0.000000345. The van der Waals surface area contributed by atoms with Crippen LogP contribution in [0.25, 0.3) is 0 Å². The minimum absolute atomic E-state index is 0.232. The lowest BCUT2D eigenvalue weighted by atomic mass is 10.2. The first-order valence-corrected chi connectivity index (χ1v) is 8.85. The summed E-state index contributed by atoms with van der Waals surface area (Å²) >= 11 is 0. The molecule has 0 unspecified atom stereocenters. The molecule has 3 rings (SSSR count). The van der Waals surface area contributed by atoms with Crippen molar-refractivity contribution in [3.8, 4) is 0 Å². The van der Waals surface area contributed by atoms with E-state index in [0.29, 0.717) is 6.61 Å². The molecule has 0 saturated carbocycles. The largest absolute Gasteiger partial charge is 0.490 e. The Hall–Kier alpha value is -2.33. The molecule has 0 bridgehead atoms. The van der Waals surface area contributed by atoms with E-state index in [2.05, 4.69) is 28.3 Å². The van der Waals surface area contributed by atoms with Crippen LogP contribution < -0.4 is 0 Å². The number of aliphatic carboxylic acids is 1. The molecule has 28 heavy (non-hydrogen) atoms. The first-order chi connectivity index (χ1) is 13.2. The van der Waals surface area contributed by atoms with Gasteiger partial charge in [-0.25, -0.2) is 9.78 Å². The van der Waals surface area contributed by atoms with E-state index in [9.17, 15) is 13.2 Å². The second-order valence-electron chi connectivity index (χ2n) is 6.69. The summed E-state index contributed by atoms with van der Waals surface area (Å²) < 4.78 is 44.9. The van der Waals surface area contributed by atoms with E-state index in [4.69, 9.17) is 19.1 Å². The Morgan fingerprint density at radius 1 is 1.39 bits per heavy atom. The molecule has 0 aromatic carbocycles. The molecule has 0 atom stereocenters. The van der Waals surface area contributed by atoms with Crippen molar-refractivity contribution in [3.63, 3.8) is 0 Å². The van der Waals surface area contributed by atoms with Crippen LogP contribution in [-0.4, -0.2) is 44.4 Å². The van der Waals surface area contributed by atoms with Gasteiger partial charge in [-0.1, -0.05) is 0 Å². The van der Waals surface area contributed by atoms with Crippen LogP contribution in [0.3, 0.4) is 0 Å². The van der Waals surface area contributed by atoms with E-state index < -0.39 is 12.1 Å². The molecule has 2 aromatic heterocycles. The van der Waals surface area contributed by atoms with E-state index >= 15 is 0 Å². The maximum absolute atomic E-state index is 10.6. The fourth-order valence-electron chi connectivity index (χ4n) is 2.72. The molecular weight excluding hydrogens is 379 g/mol. The average molecular weight is 403 g/mol. The van der Waals surface area contributed by atoms with Gasteiger partial charge in [-0.15, -0.1) is 0 Å². The van der Waals surface area contributed by atoms with Crippen molar-refractivity contribution in [2.24, 2.45) is 0 Å². The summed E-state index contributed by atoms with van der Waals surface area (Å²) in [5.41, 5.74) is 3.59. The number of hydrogen-bond donors (Lipinski definition) is 1. The van der Waals surface area contributed by atoms with Gasteiger partial charge in [-0.2, -0.15) is 13.2 Å². The summed E-state index contributed by atoms with van der Waals surface area (Å²) in [6.07, 6.45) is 1.81. The molecule has 0 saturated heterocycles. The lowest BCUT2D eigenvalue weighted by molar-refractivity contribution is -0.192. The molecule has 7 nitrogen and oxygen atoms in total. The molecule has 1 aliphatic heterocycles. The molecule has 156 valence electrons. The number of halogens is 3. The lowest BCUT2D eigenvalue weighted by Gasteiger charge is -2.19. The number of imidazole rings is 1. The van der Waals surface area contributed by atoms with Crippen molar-refractivity contribution in [2.75, 3.05) is 6.54 Å². The monoisotopic (exact) mass is 403 g/mol. The molecule has 0 amide bonds. The smallest absolute Gasteiger partial charge is 0.475 e. The second-order valence-corrected chi connectivity index (χ2v) is 6.69. The highest BCUT2D eigenvalue weighted by molar-refractivity contribution is 5.73. The van der Waals surface area contributed by atoms with E-state index in [1.165, 1.54) is 11.3 Å². The van der Waals surface area contributed by atoms with Gasteiger partial charge in [0.15, 0.2) is 0 Å². The first-order valence-electron chi connectivity index (χ1n) is 8.85. The van der Waals surface area contributed by atoms with Crippen molar-refractivity contribution in [3.05, 3.63) is 41.9 Å². The van der Waals surface area contributed by atoms with E-state index in [1.807, 2.05) is 18.7 Å². The zero-order valence-electron chi connectivity index (χ0n) is 15.8. The third kappa shape index (κ3) is 6.68. The second kappa shape index (κ2) is 9.74. The van der Waals surface area contributed by atoms with Gasteiger partial charge in [0.25, 0.3) is 0 Å². The van der Waals surface area contributed by atoms with Crippen LogP contribution in [0.2, 0.25) is 0 Å². The fourth-order valence-corrected chi connectivity index (χ4v) is 2.72. The van der Waals surface area contributed by atoms with Crippen LogP contribution in [0.5, 0.6) is 0 Å². The van der Waals surface area contributed by atoms with Crippen LogP contribution in [0, 0.1) is 0 Å². The van der Waals surface area contributed by atoms with E-state index in [1.54, 1.807) is 6.26 Å². The molecule has 3 heterocycles. The van der Waals surface area contributed by atoms with Gasteiger partial charge in [0.2, 0.25) is 0 Å². The fraction of sp³-hybridized carbons (Fsp3) is 0.556. The molecule has 1 aliphatic rings. The first kappa shape index (κ1) is 22.0. The van der Waals surface area contributed by atoms with Gasteiger partial charge in [-0.3, -0.25) is 4.90 Å². The summed E-state index contributed by atoms with van der Waals surface area (Å²) in [4.78, 5) is 15.9. The number of alkyl halides is 3. The van der Waals surface area contributed by atoms with Crippen molar-refractivity contribution in [1.82, 2.24) is 14.5 Å². The Morgan fingerprint density at radius 3 is 2.68 bits per heavy atom. The van der Waals surface area contributed by atoms with Gasteiger partial charge in [0, 0.05) is 31.7 Å². The molecule has 0 aliphatic carbocycles. The summed E-state index contributed by atoms with van der Waals surface area (Å²) in [5.74, 6) is -2.76. The quantitative estimate of drug-likeness (QED) is 0.824. The molecule has 0 fully saturated rings. The van der Waals surface area contributed by atoms with Gasteiger partial charge < -0.3 is 18.8 Å². The minimum Gasteiger partial charge on any atom is -0.475 e. The van der Waals surface area contributed by atoms with E-state index in [-0.39, 0.29) is 6.10 Å².